The minimum Gasteiger partial charge on any atom is -0.485 e. The number of aromatic nitrogens is 5. The first-order valence-corrected chi connectivity index (χ1v) is 11.0. The van der Waals surface area contributed by atoms with Crippen LogP contribution in [0.2, 0.25) is 0 Å². The van der Waals surface area contributed by atoms with E-state index in [1.807, 2.05) is 30.3 Å². The van der Waals surface area contributed by atoms with E-state index in [-0.39, 0.29) is 12.5 Å². The number of para-hydroxylation sites is 1. The molecule has 2 aromatic heterocycles. The minimum absolute atomic E-state index is 0.106. The van der Waals surface area contributed by atoms with Crippen molar-refractivity contribution in [2.75, 3.05) is 5.32 Å². The number of benzene rings is 2. The molecule has 0 atom stereocenters. The number of fused-ring (bicyclic) bond motifs is 1. The molecule has 0 saturated heterocycles. The quantitative estimate of drug-likeness (QED) is 0.475. The molecule has 3 heterocycles. The highest BCUT2D eigenvalue weighted by Gasteiger charge is 2.17. The van der Waals surface area contributed by atoms with Gasteiger partial charge in [0.15, 0.2) is 12.4 Å². The van der Waals surface area contributed by atoms with Crippen LogP contribution in [0.15, 0.2) is 53.1 Å². The number of nitrogens with zero attached hydrogens (tertiary/aromatic N) is 5. The smallest absolute Gasteiger partial charge is 0.259 e. The molecule has 4 aromatic rings. The summed E-state index contributed by atoms with van der Waals surface area (Å²) in [4.78, 5) is 17.2. The van der Waals surface area contributed by atoms with Crippen molar-refractivity contribution >= 4 is 11.6 Å². The highest BCUT2D eigenvalue weighted by Crippen LogP contribution is 2.26. The van der Waals surface area contributed by atoms with E-state index in [1.165, 1.54) is 6.42 Å². The van der Waals surface area contributed by atoms with Crippen LogP contribution in [0.3, 0.4) is 0 Å². The predicted octanol–water partition coefficient (Wildman–Crippen LogP) is 4.19. The molecule has 0 radical (unpaired) electrons. The summed E-state index contributed by atoms with van der Waals surface area (Å²) in [7, 11) is 0. The van der Waals surface area contributed by atoms with E-state index in [9.17, 15) is 4.79 Å². The molecule has 1 amide bonds. The molecule has 33 heavy (non-hydrogen) atoms. The number of amides is 1. The van der Waals surface area contributed by atoms with Gasteiger partial charge in [-0.3, -0.25) is 4.79 Å². The van der Waals surface area contributed by atoms with Crippen LogP contribution in [0.5, 0.6) is 5.75 Å². The van der Waals surface area contributed by atoms with Crippen molar-refractivity contribution in [2.45, 2.75) is 45.8 Å². The number of hydrogen-bond acceptors (Lipinski definition) is 7. The van der Waals surface area contributed by atoms with Crippen LogP contribution in [0.4, 0.5) is 5.69 Å². The van der Waals surface area contributed by atoms with Gasteiger partial charge < -0.3 is 19.1 Å². The molecule has 0 unspecified atom stereocenters. The zero-order valence-corrected chi connectivity index (χ0v) is 18.3. The minimum atomic E-state index is -0.271. The predicted molar refractivity (Wildman–Crippen MR) is 121 cm³/mol. The molecular formula is C24H24N6O3. The second kappa shape index (κ2) is 9.23. The molecule has 168 valence electrons. The molecule has 0 fully saturated rings. The standard InChI is InChI=1S/C24H24N6O3/c1-16-25-21(29-33-16)15-32-20-11-5-4-10-19(20)24(31)26-18-9-7-8-17(14-18)23-28-27-22-12-3-2-6-13-30(22)23/h4-5,7-11,14H,2-3,6,12-13,15H2,1H3,(H,26,31). The fraction of sp³-hybridized carbons (Fsp3) is 0.292. The second-order valence-corrected chi connectivity index (χ2v) is 7.95. The van der Waals surface area contributed by atoms with Gasteiger partial charge in [0.1, 0.15) is 11.6 Å². The molecule has 9 heteroatoms. The zero-order chi connectivity index (χ0) is 22.6. The molecule has 0 saturated carbocycles. The molecule has 5 rings (SSSR count). The average Bonchev–Trinajstić information content (AvgIpc) is 3.36. The normalized spacial score (nSPS) is 13.2. The van der Waals surface area contributed by atoms with E-state index in [1.54, 1.807) is 25.1 Å². The Hall–Kier alpha value is -4.01. The molecule has 1 N–H and O–H groups in total. The summed E-state index contributed by atoms with van der Waals surface area (Å²) in [6.07, 6.45) is 4.41. The number of carbonyl (C=O) groups excluding carboxylic acids is 1. The van der Waals surface area contributed by atoms with E-state index in [2.05, 4.69) is 30.2 Å². The molecule has 0 bridgehead atoms. The molecule has 1 aliphatic rings. The number of aryl methyl sites for hydroxylation is 2. The highest BCUT2D eigenvalue weighted by atomic mass is 16.5. The summed E-state index contributed by atoms with van der Waals surface area (Å²) in [5.41, 5.74) is 2.01. The third-order valence-electron chi connectivity index (χ3n) is 5.55. The second-order valence-electron chi connectivity index (χ2n) is 7.95. The van der Waals surface area contributed by atoms with E-state index in [0.29, 0.717) is 28.7 Å². The van der Waals surface area contributed by atoms with Crippen LogP contribution in [0, 0.1) is 6.92 Å². The Bertz CT molecular complexity index is 1280. The summed E-state index contributed by atoms with van der Waals surface area (Å²) in [5, 5.41) is 15.6. The van der Waals surface area contributed by atoms with Crippen molar-refractivity contribution in [3.8, 4) is 17.1 Å². The molecule has 9 nitrogen and oxygen atoms in total. The molecule has 0 spiro atoms. The number of hydrogen-bond donors (Lipinski definition) is 1. The van der Waals surface area contributed by atoms with E-state index < -0.39 is 0 Å². The van der Waals surface area contributed by atoms with Crippen molar-refractivity contribution in [2.24, 2.45) is 0 Å². The Morgan fingerprint density at radius 1 is 1.12 bits per heavy atom. The number of carbonyl (C=O) groups is 1. The van der Waals surface area contributed by atoms with Gasteiger partial charge in [-0.05, 0) is 37.1 Å². The van der Waals surface area contributed by atoms with Crippen molar-refractivity contribution in [3.63, 3.8) is 0 Å². The third kappa shape index (κ3) is 4.62. The Balaban J connectivity index is 1.34. The fourth-order valence-electron chi connectivity index (χ4n) is 3.96. The summed E-state index contributed by atoms with van der Waals surface area (Å²) in [6, 6.07) is 14.7. The Labute approximate surface area is 190 Å². The Morgan fingerprint density at radius 3 is 2.91 bits per heavy atom. The van der Waals surface area contributed by atoms with Gasteiger partial charge in [0.25, 0.3) is 5.91 Å². The summed E-state index contributed by atoms with van der Waals surface area (Å²) in [5.74, 6) is 2.91. The lowest BCUT2D eigenvalue weighted by atomic mass is 10.1. The number of rotatable bonds is 6. The van der Waals surface area contributed by atoms with Gasteiger partial charge in [-0.2, -0.15) is 4.98 Å². The van der Waals surface area contributed by atoms with E-state index >= 15 is 0 Å². The average molecular weight is 444 g/mol. The SMILES string of the molecule is Cc1nc(COc2ccccc2C(=O)Nc2cccc(-c3nnc4n3CCCCC4)c2)no1. The summed E-state index contributed by atoms with van der Waals surface area (Å²) in [6.45, 7) is 2.73. The highest BCUT2D eigenvalue weighted by molar-refractivity contribution is 6.06. The van der Waals surface area contributed by atoms with Gasteiger partial charge in [-0.1, -0.05) is 35.8 Å². The first-order valence-electron chi connectivity index (χ1n) is 11.0. The van der Waals surface area contributed by atoms with Crippen LogP contribution in [-0.4, -0.2) is 30.8 Å². The first kappa shape index (κ1) is 20.9. The van der Waals surface area contributed by atoms with Crippen LogP contribution in [0.25, 0.3) is 11.4 Å². The zero-order valence-electron chi connectivity index (χ0n) is 18.3. The van der Waals surface area contributed by atoms with Crippen molar-refractivity contribution < 1.29 is 14.1 Å². The molecular weight excluding hydrogens is 420 g/mol. The van der Waals surface area contributed by atoms with Crippen LogP contribution < -0.4 is 10.1 Å². The van der Waals surface area contributed by atoms with E-state index in [4.69, 9.17) is 9.26 Å². The monoisotopic (exact) mass is 444 g/mol. The lowest BCUT2D eigenvalue weighted by Gasteiger charge is -2.12. The Kier molecular flexibility index (Phi) is 5.84. The maximum atomic E-state index is 13.1. The number of anilines is 1. The van der Waals surface area contributed by atoms with Crippen LogP contribution in [0.1, 0.15) is 47.2 Å². The van der Waals surface area contributed by atoms with Crippen molar-refractivity contribution in [3.05, 3.63) is 71.6 Å². The third-order valence-corrected chi connectivity index (χ3v) is 5.55. The van der Waals surface area contributed by atoms with Gasteiger partial charge >= 0.3 is 0 Å². The molecule has 1 aliphatic heterocycles. The van der Waals surface area contributed by atoms with Crippen molar-refractivity contribution in [1.82, 2.24) is 24.9 Å². The fourth-order valence-corrected chi connectivity index (χ4v) is 3.96. The maximum Gasteiger partial charge on any atom is 0.259 e. The van der Waals surface area contributed by atoms with Crippen molar-refractivity contribution in [1.29, 1.82) is 0 Å². The largest absolute Gasteiger partial charge is 0.485 e. The first-order chi connectivity index (χ1) is 16.2. The van der Waals surface area contributed by atoms with Gasteiger partial charge in [0, 0.05) is 31.1 Å². The van der Waals surface area contributed by atoms with Gasteiger partial charge in [0.2, 0.25) is 11.7 Å². The van der Waals surface area contributed by atoms with Crippen LogP contribution >= 0.6 is 0 Å². The number of ether oxygens (including phenoxy) is 1. The van der Waals surface area contributed by atoms with Gasteiger partial charge in [0.05, 0.1) is 5.56 Å². The van der Waals surface area contributed by atoms with Crippen LogP contribution in [-0.2, 0) is 19.6 Å². The van der Waals surface area contributed by atoms with Gasteiger partial charge in [-0.15, -0.1) is 10.2 Å². The van der Waals surface area contributed by atoms with E-state index in [0.717, 1.165) is 43.0 Å². The number of nitrogens with one attached hydrogen (secondary N) is 1. The van der Waals surface area contributed by atoms with Gasteiger partial charge in [-0.25, -0.2) is 0 Å². The lowest BCUT2D eigenvalue weighted by molar-refractivity contribution is 0.102. The Morgan fingerprint density at radius 2 is 2.03 bits per heavy atom. The summed E-state index contributed by atoms with van der Waals surface area (Å²) >= 11 is 0. The lowest BCUT2D eigenvalue weighted by Crippen LogP contribution is -2.14. The molecule has 0 aliphatic carbocycles. The summed E-state index contributed by atoms with van der Waals surface area (Å²) < 4.78 is 12.9. The molecule has 2 aromatic carbocycles. The maximum absolute atomic E-state index is 13.1. The topological polar surface area (TPSA) is 108 Å².